The zero-order chi connectivity index (χ0) is 15.4. The van der Waals surface area contributed by atoms with Crippen molar-refractivity contribution in [2.75, 3.05) is 6.61 Å². The van der Waals surface area contributed by atoms with E-state index in [0.29, 0.717) is 6.61 Å². The van der Waals surface area contributed by atoms with Gasteiger partial charge in [0.15, 0.2) is 0 Å². The highest BCUT2D eigenvalue weighted by molar-refractivity contribution is 5.82. The first-order valence-electron chi connectivity index (χ1n) is 7.49. The van der Waals surface area contributed by atoms with Crippen LogP contribution in [0.4, 0.5) is 0 Å². The molecule has 1 aromatic heterocycles. The molecule has 0 saturated carbocycles. The molecular weight excluding hydrogens is 270 g/mol. The molecule has 1 aromatic carbocycles. The summed E-state index contributed by atoms with van der Waals surface area (Å²) < 4.78 is 5.72. The summed E-state index contributed by atoms with van der Waals surface area (Å²) in [6.07, 6.45) is 8.28. The number of hydrogen-bond donors (Lipinski definition) is 0. The number of fused-ring (bicyclic) bond motifs is 1. The summed E-state index contributed by atoms with van der Waals surface area (Å²) in [6.45, 7) is 4.72. The van der Waals surface area contributed by atoms with Crippen LogP contribution in [0.2, 0.25) is 0 Å². The number of hydrogen-bond acceptors (Lipinski definition) is 2. The van der Waals surface area contributed by atoms with Crippen LogP contribution in [0.15, 0.2) is 72.3 Å². The third kappa shape index (κ3) is 2.86. The molecule has 2 nitrogen and oxygen atoms in total. The molecule has 2 heterocycles. The van der Waals surface area contributed by atoms with Crippen molar-refractivity contribution in [3.05, 3.63) is 78.0 Å². The van der Waals surface area contributed by atoms with E-state index in [1.165, 1.54) is 5.57 Å². The monoisotopic (exact) mass is 289 g/mol. The van der Waals surface area contributed by atoms with E-state index < -0.39 is 0 Å². The predicted molar refractivity (Wildman–Crippen MR) is 91.7 cm³/mol. The molecule has 0 spiro atoms. The highest BCUT2D eigenvalue weighted by Gasteiger charge is 2.17. The minimum Gasteiger partial charge on any atom is -0.487 e. The predicted octanol–water partition coefficient (Wildman–Crippen LogP) is 5.05. The van der Waals surface area contributed by atoms with Crippen LogP contribution in [0, 0.1) is 0 Å². The average molecular weight is 289 g/mol. The van der Waals surface area contributed by atoms with Gasteiger partial charge in [-0.05, 0) is 37.6 Å². The van der Waals surface area contributed by atoms with E-state index in [2.05, 4.69) is 31.2 Å². The minimum atomic E-state index is 0.593. The number of nitrogens with zero attached hydrogens (tertiary/aromatic N) is 1. The van der Waals surface area contributed by atoms with E-state index in [0.717, 1.165) is 28.3 Å². The number of aromatic nitrogens is 1. The fraction of sp³-hybridized carbons (Fsp3) is 0.150. The van der Waals surface area contributed by atoms with Gasteiger partial charge in [-0.25, -0.2) is 4.98 Å². The van der Waals surface area contributed by atoms with E-state index in [9.17, 15) is 0 Å². The fourth-order valence-electron chi connectivity index (χ4n) is 2.52. The van der Waals surface area contributed by atoms with Gasteiger partial charge in [-0.1, -0.05) is 48.6 Å². The zero-order valence-corrected chi connectivity index (χ0v) is 12.9. The number of benzene rings is 1. The molecule has 110 valence electrons. The molecule has 1 aliphatic rings. The van der Waals surface area contributed by atoms with Gasteiger partial charge in [0.2, 0.25) is 0 Å². The molecule has 0 N–H and O–H groups in total. The maximum atomic E-state index is 5.72. The van der Waals surface area contributed by atoms with Crippen molar-refractivity contribution in [2.45, 2.75) is 13.8 Å². The Morgan fingerprint density at radius 1 is 1.14 bits per heavy atom. The van der Waals surface area contributed by atoms with Gasteiger partial charge in [0.05, 0.1) is 5.69 Å². The van der Waals surface area contributed by atoms with Crippen molar-refractivity contribution in [1.29, 1.82) is 0 Å². The van der Waals surface area contributed by atoms with Crippen LogP contribution < -0.4 is 4.74 Å². The first-order chi connectivity index (χ1) is 10.8. The quantitative estimate of drug-likeness (QED) is 0.738. The number of ether oxygens (including phenoxy) is 1. The molecule has 22 heavy (non-hydrogen) atoms. The largest absolute Gasteiger partial charge is 0.487 e. The molecule has 0 amide bonds. The summed E-state index contributed by atoms with van der Waals surface area (Å²) in [6, 6.07) is 14.2. The second-order valence-corrected chi connectivity index (χ2v) is 5.21. The molecular formula is C20H19NO. The van der Waals surface area contributed by atoms with Crippen LogP contribution in [0.5, 0.6) is 5.75 Å². The van der Waals surface area contributed by atoms with Gasteiger partial charge in [-0.15, -0.1) is 0 Å². The molecule has 1 aliphatic heterocycles. The highest BCUT2D eigenvalue weighted by atomic mass is 16.5. The molecule has 0 bridgehead atoms. The second-order valence-electron chi connectivity index (χ2n) is 5.21. The van der Waals surface area contributed by atoms with Crippen molar-refractivity contribution in [2.24, 2.45) is 0 Å². The summed E-state index contributed by atoms with van der Waals surface area (Å²) in [5.74, 6) is 0.852. The van der Waals surface area contributed by atoms with Crippen LogP contribution in [0.1, 0.15) is 19.5 Å². The molecule has 0 unspecified atom stereocenters. The van der Waals surface area contributed by atoms with E-state index in [-0.39, 0.29) is 0 Å². The maximum Gasteiger partial charge on any atom is 0.146 e. The summed E-state index contributed by atoms with van der Waals surface area (Å²) in [5.41, 5.74) is 5.35. The normalized spacial score (nSPS) is 14.5. The van der Waals surface area contributed by atoms with E-state index >= 15 is 0 Å². The zero-order valence-electron chi connectivity index (χ0n) is 12.9. The Bertz CT molecular complexity index is 755. The van der Waals surface area contributed by atoms with Crippen LogP contribution in [-0.4, -0.2) is 11.6 Å². The van der Waals surface area contributed by atoms with E-state index in [4.69, 9.17) is 9.72 Å². The lowest BCUT2D eigenvalue weighted by Gasteiger charge is -2.19. The molecule has 0 atom stereocenters. The molecule has 2 aromatic rings. The van der Waals surface area contributed by atoms with Crippen molar-refractivity contribution in [3.63, 3.8) is 0 Å². The Morgan fingerprint density at radius 2 is 1.95 bits per heavy atom. The van der Waals surface area contributed by atoms with Gasteiger partial charge in [0.25, 0.3) is 0 Å². The Balaban J connectivity index is 2.05. The topological polar surface area (TPSA) is 22.1 Å². The van der Waals surface area contributed by atoms with E-state index in [1.54, 1.807) is 0 Å². The molecule has 2 heteroatoms. The van der Waals surface area contributed by atoms with Crippen LogP contribution >= 0.6 is 0 Å². The lowest BCUT2D eigenvalue weighted by Crippen LogP contribution is -2.07. The van der Waals surface area contributed by atoms with Crippen LogP contribution in [0.3, 0.4) is 0 Å². The van der Waals surface area contributed by atoms with Crippen LogP contribution in [0.25, 0.3) is 16.8 Å². The van der Waals surface area contributed by atoms with Gasteiger partial charge < -0.3 is 4.74 Å². The highest BCUT2D eigenvalue weighted by Crippen LogP contribution is 2.34. The molecule has 0 fully saturated rings. The minimum absolute atomic E-state index is 0.593. The molecule has 3 rings (SSSR count). The van der Waals surface area contributed by atoms with Crippen molar-refractivity contribution < 1.29 is 4.74 Å². The SMILES string of the molecule is CC=CC=C(C)C1=CCOc2ccc(-c3ccccc3)nc21. The third-order valence-electron chi connectivity index (χ3n) is 3.67. The summed E-state index contributed by atoms with van der Waals surface area (Å²) in [4.78, 5) is 4.84. The smallest absolute Gasteiger partial charge is 0.146 e. The van der Waals surface area contributed by atoms with Gasteiger partial charge in [-0.3, -0.25) is 0 Å². The summed E-state index contributed by atoms with van der Waals surface area (Å²) >= 11 is 0. The maximum absolute atomic E-state index is 5.72. The Labute approximate surface area is 131 Å². The lowest BCUT2D eigenvalue weighted by molar-refractivity contribution is 0.355. The van der Waals surface area contributed by atoms with Gasteiger partial charge in [0, 0.05) is 11.1 Å². The number of allylic oxidation sites excluding steroid dienone is 5. The Morgan fingerprint density at radius 3 is 2.73 bits per heavy atom. The van der Waals surface area contributed by atoms with E-state index in [1.807, 2.05) is 49.4 Å². The van der Waals surface area contributed by atoms with Crippen molar-refractivity contribution in [1.82, 2.24) is 4.98 Å². The lowest BCUT2D eigenvalue weighted by atomic mass is 9.99. The number of rotatable bonds is 3. The van der Waals surface area contributed by atoms with Crippen LogP contribution in [-0.2, 0) is 0 Å². The fourth-order valence-corrected chi connectivity index (χ4v) is 2.52. The first kappa shape index (κ1) is 14.3. The molecule has 0 radical (unpaired) electrons. The van der Waals surface area contributed by atoms with Crippen molar-refractivity contribution >= 4 is 5.57 Å². The first-order valence-corrected chi connectivity index (χ1v) is 7.49. The van der Waals surface area contributed by atoms with Crippen molar-refractivity contribution in [3.8, 4) is 17.0 Å². The Hall–Kier alpha value is -2.61. The average Bonchev–Trinajstić information content (AvgIpc) is 2.59. The van der Waals surface area contributed by atoms with Gasteiger partial charge in [0.1, 0.15) is 18.1 Å². The molecule has 0 aliphatic carbocycles. The Kier molecular flexibility index (Phi) is 4.19. The van der Waals surface area contributed by atoms with Gasteiger partial charge >= 0.3 is 0 Å². The third-order valence-corrected chi connectivity index (χ3v) is 3.67. The summed E-state index contributed by atoms with van der Waals surface area (Å²) in [7, 11) is 0. The summed E-state index contributed by atoms with van der Waals surface area (Å²) in [5, 5.41) is 0. The second kappa shape index (κ2) is 6.44. The standard InChI is InChI=1S/C20H19NO/c1-3-4-8-15(2)17-13-14-22-19-12-11-18(21-20(17)19)16-9-6-5-7-10-16/h3-13H,14H2,1-2H3. The van der Waals surface area contributed by atoms with Gasteiger partial charge in [-0.2, -0.15) is 0 Å². The number of pyridine rings is 1. The molecule has 0 saturated heterocycles.